The molecule has 5 heteroatoms. The van der Waals surface area contributed by atoms with Gasteiger partial charge in [-0.25, -0.2) is 0 Å². The highest BCUT2D eigenvalue weighted by Crippen LogP contribution is 2.28. The van der Waals surface area contributed by atoms with E-state index >= 15 is 0 Å². The van der Waals surface area contributed by atoms with E-state index in [1.807, 2.05) is 55.1 Å². The highest BCUT2D eigenvalue weighted by molar-refractivity contribution is 6.01. The molecule has 138 valence electrons. The molecular formula is C21H26N2O3. The van der Waals surface area contributed by atoms with Crippen molar-refractivity contribution < 1.29 is 14.3 Å². The fourth-order valence-corrected chi connectivity index (χ4v) is 3.28. The summed E-state index contributed by atoms with van der Waals surface area (Å²) in [5.41, 5.74) is 0.531. The Kier molecular flexibility index (Phi) is 5.76. The number of nitrogens with zero attached hydrogens (tertiary/aromatic N) is 1. The second-order valence-electron chi connectivity index (χ2n) is 7.06. The van der Waals surface area contributed by atoms with E-state index in [1.54, 1.807) is 0 Å². The molecule has 26 heavy (non-hydrogen) atoms. The van der Waals surface area contributed by atoms with Crippen LogP contribution in [0.5, 0.6) is 5.75 Å². The molecule has 0 aliphatic carbocycles. The maximum absolute atomic E-state index is 13.0. The number of benzene rings is 2. The molecule has 0 radical (unpaired) electrons. The number of likely N-dealkylation sites (tertiary alicyclic amines) is 1. The van der Waals surface area contributed by atoms with Gasteiger partial charge in [0.1, 0.15) is 5.75 Å². The first-order chi connectivity index (χ1) is 12.5. The van der Waals surface area contributed by atoms with E-state index in [1.165, 1.54) is 6.42 Å². The average Bonchev–Trinajstić information content (AvgIpc) is 2.65. The molecule has 0 unspecified atom stereocenters. The lowest BCUT2D eigenvalue weighted by molar-refractivity contribution is -0.123. The van der Waals surface area contributed by atoms with E-state index in [9.17, 15) is 9.59 Å². The van der Waals surface area contributed by atoms with E-state index in [0.29, 0.717) is 11.3 Å². The third kappa shape index (κ3) is 4.34. The molecule has 1 N–H and O–H groups in total. The first kappa shape index (κ1) is 18.2. The predicted octanol–water partition coefficient (Wildman–Crippen LogP) is 3.37. The van der Waals surface area contributed by atoms with Crippen LogP contribution in [-0.4, -0.2) is 42.5 Å². The summed E-state index contributed by atoms with van der Waals surface area (Å²) >= 11 is 0. The highest BCUT2D eigenvalue weighted by atomic mass is 16.5. The molecule has 5 nitrogen and oxygen atoms in total. The maximum Gasteiger partial charge on any atom is 0.258 e. The molecule has 0 atom stereocenters. The number of hydrogen-bond acceptors (Lipinski definition) is 3. The largest absolute Gasteiger partial charge is 0.483 e. The summed E-state index contributed by atoms with van der Waals surface area (Å²) in [5, 5.41) is 4.78. The van der Waals surface area contributed by atoms with Gasteiger partial charge in [0, 0.05) is 19.1 Å². The average molecular weight is 354 g/mol. The normalized spacial score (nSPS) is 14.5. The van der Waals surface area contributed by atoms with E-state index in [-0.39, 0.29) is 24.5 Å². The molecule has 1 aliphatic rings. The maximum atomic E-state index is 13.0. The first-order valence-electron chi connectivity index (χ1n) is 9.29. The van der Waals surface area contributed by atoms with E-state index in [4.69, 9.17) is 4.74 Å². The number of hydrogen-bond donors (Lipinski definition) is 1. The van der Waals surface area contributed by atoms with Gasteiger partial charge in [-0.1, -0.05) is 24.3 Å². The Morgan fingerprint density at radius 1 is 1.08 bits per heavy atom. The minimum Gasteiger partial charge on any atom is -0.483 e. The number of carbonyl (C=O) groups is 2. The molecule has 0 aromatic heterocycles. The minimum atomic E-state index is -0.190. The Morgan fingerprint density at radius 3 is 2.38 bits per heavy atom. The summed E-state index contributed by atoms with van der Waals surface area (Å²) in [6.07, 6.45) is 3.23. The van der Waals surface area contributed by atoms with Gasteiger partial charge in [-0.2, -0.15) is 0 Å². The topological polar surface area (TPSA) is 58.6 Å². The summed E-state index contributed by atoms with van der Waals surface area (Å²) in [5.74, 6) is 0.262. The Labute approximate surface area is 154 Å². The predicted molar refractivity (Wildman–Crippen MR) is 102 cm³/mol. The van der Waals surface area contributed by atoms with Gasteiger partial charge < -0.3 is 15.0 Å². The van der Waals surface area contributed by atoms with Gasteiger partial charge >= 0.3 is 0 Å². The Balaban J connectivity index is 1.88. The number of amides is 2. The van der Waals surface area contributed by atoms with Crippen molar-refractivity contribution in [2.45, 2.75) is 39.2 Å². The van der Waals surface area contributed by atoms with Crippen molar-refractivity contribution in [3.05, 3.63) is 42.0 Å². The smallest absolute Gasteiger partial charge is 0.258 e. The number of rotatable bonds is 5. The fourth-order valence-electron chi connectivity index (χ4n) is 3.28. The SMILES string of the molecule is CC(C)NC(=O)COc1cc2ccccc2cc1C(=O)N1CCCCC1. The van der Waals surface area contributed by atoms with Crippen LogP contribution >= 0.6 is 0 Å². The van der Waals surface area contributed by atoms with Crippen LogP contribution in [-0.2, 0) is 4.79 Å². The fraction of sp³-hybridized carbons (Fsp3) is 0.429. The van der Waals surface area contributed by atoms with Crippen molar-refractivity contribution in [2.75, 3.05) is 19.7 Å². The molecule has 1 aliphatic heterocycles. The lowest BCUT2D eigenvalue weighted by Gasteiger charge is -2.27. The Morgan fingerprint density at radius 2 is 1.73 bits per heavy atom. The molecule has 2 aromatic carbocycles. The van der Waals surface area contributed by atoms with Crippen molar-refractivity contribution in [3.8, 4) is 5.75 Å². The van der Waals surface area contributed by atoms with Gasteiger partial charge in [-0.15, -0.1) is 0 Å². The van der Waals surface area contributed by atoms with Crippen molar-refractivity contribution >= 4 is 22.6 Å². The van der Waals surface area contributed by atoms with Crippen LogP contribution in [0.3, 0.4) is 0 Å². The first-order valence-corrected chi connectivity index (χ1v) is 9.29. The molecule has 2 aromatic rings. The minimum absolute atomic E-state index is 0.0188. The van der Waals surface area contributed by atoms with Crippen LogP contribution in [0, 0.1) is 0 Å². The van der Waals surface area contributed by atoms with Crippen LogP contribution < -0.4 is 10.1 Å². The summed E-state index contributed by atoms with van der Waals surface area (Å²) < 4.78 is 5.76. The quantitative estimate of drug-likeness (QED) is 0.896. The van der Waals surface area contributed by atoms with Crippen molar-refractivity contribution in [2.24, 2.45) is 0 Å². The zero-order valence-corrected chi connectivity index (χ0v) is 15.5. The summed E-state index contributed by atoms with van der Waals surface area (Å²) in [7, 11) is 0. The van der Waals surface area contributed by atoms with E-state index in [2.05, 4.69) is 5.32 Å². The lowest BCUT2D eigenvalue weighted by Crippen LogP contribution is -2.36. The van der Waals surface area contributed by atoms with Crippen molar-refractivity contribution in [1.82, 2.24) is 10.2 Å². The molecular weight excluding hydrogens is 328 g/mol. The highest BCUT2D eigenvalue weighted by Gasteiger charge is 2.22. The molecule has 3 rings (SSSR count). The van der Waals surface area contributed by atoms with Gasteiger partial charge in [-0.05, 0) is 56.0 Å². The van der Waals surface area contributed by atoms with E-state index < -0.39 is 0 Å². The third-order valence-corrected chi connectivity index (χ3v) is 4.53. The zero-order valence-electron chi connectivity index (χ0n) is 15.5. The molecule has 2 amide bonds. The van der Waals surface area contributed by atoms with Gasteiger partial charge in [0.05, 0.1) is 5.56 Å². The number of fused-ring (bicyclic) bond motifs is 1. The Bertz CT molecular complexity index is 795. The lowest BCUT2D eigenvalue weighted by atomic mass is 10.0. The van der Waals surface area contributed by atoms with Crippen LogP contribution in [0.15, 0.2) is 36.4 Å². The molecule has 1 saturated heterocycles. The number of ether oxygens (including phenoxy) is 1. The zero-order chi connectivity index (χ0) is 18.5. The Hall–Kier alpha value is -2.56. The summed E-state index contributed by atoms with van der Waals surface area (Å²) in [6.45, 7) is 5.26. The van der Waals surface area contributed by atoms with Crippen molar-refractivity contribution in [3.63, 3.8) is 0 Å². The van der Waals surface area contributed by atoms with Crippen LogP contribution in [0.4, 0.5) is 0 Å². The van der Waals surface area contributed by atoms with E-state index in [0.717, 1.165) is 36.7 Å². The number of piperidine rings is 1. The summed E-state index contributed by atoms with van der Waals surface area (Å²) in [4.78, 5) is 26.9. The monoisotopic (exact) mass is 354 g/mol. The van der Waals surface area contributed by atoms with Crippen molar-refractivity contribution in [1.29, 1.82) is 0 Å². The van der Waals surface area contributed by atoms with Gasteiger partial charge in [0.25, 0.3) is 11.8 Å². The van der Waals surface area contributed by atoms with Gasteiger partial charge in [-0.3, -0.25) is 9.59 Å². The molecule has 0 bridgehead atoms. The van der Waals surface area contributed by atoms with Crippen LogP contribution in [0.25, 0.3) is 10.8 Å². The van der Waals surface area contributed by atoms with Crippen LogP contribution in [0.1, 0.15) is 43.5 Å². The number of carbonyl (C=O) groups excluding carboxylic acids is 2. The van der Waals surface area contributed by atoms with Gasteiger partial charge in [0.15, 0.2) is 6.61 Å². The third-order valence-electron chi connectivity index (χ3n) is 4.53. The summed E-state index contributed by atoms with van der Waals surface area (Å²) in [6, 6.07) is 11.6. The number of nitrogens with one attached hydrogen (secondary N) is 1. The second kappa shape index (κ2) is 8.21. The van der Waals surface area contributed by atoms with Crippen LogP contribution in [0.2, 0.25) is 0 Å². The molecule has 1 fully saturated rings. The second-order valence-corrected chi connectivity index (χ2v) is 7.06. The van der Waals surface area contributed by atoms with Gasteiger partial charge in [0.2, 0.25) is 0 Å². The standard InChI is InChI=1S/C21H26N2O3/c1-15(2)22-20(24)14-26-19-13-17-9-5-4-8-16(17)12-18(19)21(25)23-10-6-3-7-11-23/h4-5,8-9,12-13,15H,3,6-7,10-11,14H2,1-2H3,(H,22,24). The molecule has 1 heterocycles. The molecule has 0 saturated carbocycles. The molecule has 0 spiro atoms.